The van der Waals surface area contributed by atoms with Crippen LogP contribution in [0.15, 0.2) is 0 Å². The molecule has 0 aliphatic carbocycles. The first-order valence-corrected chi connectivity index (χ1v) is 4.55. The number of methoxy groups -OCH3 is 1. The molecular weight excluding hydrogens is 186 g/mol. The highest BCUT2D eigenvalue weighted by atomic mass is 35.5. The fourth-order valence-electron chi connectivity index (χ4n) is 1.77. The lowest BCUT2D eigenvalue weighted by atomic mass is 10.0. The van der Waals surface area contributed by atoms with Crippen molar-refractivity contribution < 1.29 is 4.74 Å². The third-order valence-corrected chi connectivity index (χ3v) is 2.40. The minimum atomic E-state index is 0. The minimum absolute atomic E-state index is 0. The molecule has 0 N–H and O–H groups in total. The number of hydrogen-bond acceptors (Lipinski definition) is 2. The zero-order chi connectivity index (χ0) is 8.81. The van der Waals surface area contributed by atoms with Gasteiger partial charge < -0.3 is 4.74 Å². The molecule has 1 rings (SSSR count). The summed E-state index contributed by atoms with van der Waals surface area (Å²) in [4.78, 5) is 2.34. The van der Waals surface area contributed by atoms with Gasteiger partial charge in [0.05, 0.1) is 13.2 Å². The zero-order valence-corrected chi connectivity index (χ0v) is 8.98. The van der Waals surface area contributed by atoms with E-state index in [1.807, 2.05) is 0 Å². The molecule has 0 amide bonds. The molecule has 0 saturated carbocycles. The molecule has 1 aliphatic heterocycles. The molecule has 1 unspecified atom stereocenters. The van der Waals surface area contributed by atoms with Gasteiger partial charge in [-0.3, -0.25) is 4.90 Å². The van der Waals surface area contributed by atoms with Gasteiger partial charge >= 0.3 is 0 Å². The van der Waals surface area contributed by atoms with Crippen LogP contribution in [0.5, 0.6) is 0 Å². The van der Waals surface area contributed by atoms with Gasteiger partial charge in [-0.1, -0.05) is 12.3 Å². The first kappa shape index (κ1) is 12.8. The number of nitrogens with zero attached hydrogens (tertiary/aromatic N) is 1. The van der Waals surface area contributed by atoms with Crippen molar-refractivity contribution in [3.8, 4) is 12.3 Å². The number of terminal acetylenes is 1. The highest BCUT2D eigenvalue weighted by Crippen LogP contribution is 2.16. The number of halogens is 1. The monoisotopic (exact) mass is 203 g/mol. The molecular formula is C10H18ClNO. The summed E-state index contributed by atoms with van der Waals surface area (Å²) in [6.45, 7) is 2.73. The van der Waals surface area contributed by atoms with Crippen LogP contribution in [0.25, 0.3) is 0 Å². The van der Waals surface area contributed by atoms with Crippen LogP contribution in [0.3, 0.4) is 0 Å². The molecule has 2 nitrogen and oxygen atoms in total. The summed E-state index contributed by atoms with van der Waals surface area (Å²) in [5.41, 5.74) is 0. The first-order chi connectivity index (χ1) is 5.88. The third-order valence-electron chi connectivity index (χ3n) is 2.40. The third kappa shape index (κ3) is 3.99. The van der Waals surface area contributed by atoms with Gasteiger partial charge in [-0.2, -0.15) is 0 Å². The van der Waals surface area contributed by atoms with Crippen LogP contribution in [-0.2, 0) is 4.74 Å². The van der Waals surface area contributed by atoms with Crippen LogP contribution in [0.1, 0.15) is 19.3 Å². The smallest absolute Gasteiger partial charge is 0.0618 e. The van der Waals surface area contributed by atoms with E-state index in [2.05, 4.69) is 10.8 Å². The van der Waals surface area contributed by atoms with Crippen molar-refractivity contribution >= 4 is 12.4 Å². The second kappa shape index (κ2) is 7.20. The molecule has 0 aromatic carbocycles. The summed E-state index contributed by atoms with van der Waals surface area (Å²) < 4.78 is 5.15. The van der Waals surface area contributed by atoms with Crippen molar-refractivity contribution in [2.45, 2.75) is 25.3 Å². The highest BCUT2D eigenvalue weighted by Gasteiger charge is 2.20. The topological polar surface area (TPSA) is 12.5 Å². The maximum absolute atomic E-state index is 5.29. The molecule has 0 bridgehead atoms. The van der Waals surface area contributed by atoms with E-state index in [-0.39, 0.29) is 12.4 Å². The lowest BCUT2D eigenvalue weighted by molar-refractivity contribution is 0.0743. The van der Waals surface area contributed by atoms with Crippen LogP contribution in [0, 0.1) is 12.3 Å². The second-order valence-electron chi connectivity index (χ2n) is 3.28. The SMILES string of the molecule is C#CCN1CCCCC1COC.Cl. The molecule has 0 radical (unpaired) electrons. The van der Waals surface area contributed by atoms with Gasteiger partial charge in [0.1, 0.15) is 0 Å². The minimum Gasteiger partial charge on any atom is -0.383 e. The average Bonchev–Trinajstić information content (AvgIpc) is 2.09. The van der Waals surface area contributed by atoms with E-state index in [4.69, 9.17) is 11.2 Å². The molecule has 1 saturated heterocycles. The Labute approximate surface area is 87.0 Å². The van der Waals surface area contributed by atoms with E-state index in [9.17, 15) is 0 Å². The molecule has 0 aromatic heterocycles. The Kier molecular flexibility index (Phi) is 7.07. The maximum atomic E-state index is 5.29. The molecule has 0 aromatic rings. The first-order valence-electron chi connectivity index (χ1n) is 4.55. The van der Waals surface area contributed by atoms with E-state index in [0.717, 1.165) is 19.7 Å². The van der Waals surface area contributed by atoms with Gasteiger partial charge in [0.25, 0.3) is 0 Å². The quantitative estimate of drug-likeness (QED) is 0.646. The van der Waals surface area contributed by atoms with Gasteiger partial charge in [-0.25, -0.2) is 0 Å². The Morgan fingerprint density at radius 1 is 1.54 bits per heavy atom. The Hall–Kier alpha value is -0.230. The number of likely N-dealkylation sites (tertiary alicyclic amines) is 1. The zero-order valence-electron chi connectivity index (χ0n) is 8.16. The summed E-state index contributed by atoms with van der Waals surface area (Å²) >= 11 is 0. The van der Waals surface area contributed by atoms with Gasteiger partial charge in [0.2, 0.25) is 0 Å². The van der Waals surface area contributed by atoms with E-state index in [0.29, 0.717) is 6.04 Å². The number of ether oxygens (including phenoxy) is 1. The number of piperidine rings is 1. The molecule has 1 heterocycles. The number of hydrogen-bond donors (Lipinski definition) is 0. The largest absolute Gasteiger partial charge is 0.383 e. The summed E-state index contributed by atoms with van der Waals surface area (Å²) in [6.07, 6.45) is 9.11. The summed E-state index contributed by atoms with van der Waals surface area (Å²) in [7, 11) is 1.75. The standard InChI is InChI=1S/C10H17NO.ClH/c1-3-7-11-8-5-4-6-10(11)9-12-2;/h1,10H,4-9H2,2H3;1H. The van der Waals surface area contributed by atoms with Gasteiger partial charge in [-0.05, 0) is 19.4 Å². The molecule has 1 atom stereocenters. The molecule has 1 fully saturated rings. The normalized spacial score (nSPS) is 23.2. The van der Waals surface area contributed by atoms with Crippen LogP contribution in [-0.4, -0.2) is 37.7 Å². The van der Waals surface area contributed by atoms with Crippen LogP contribution < -0.4 is 0 Å². The number of rotatable bonds is 3. The van der Waals surface area contributed by atoms with Gasteiger partial charge in [0.15, 0.2) is 0 Å². The second-order valence-corrected chi connectivity index (χ2v) is 3.28. The van der Waals surface area contributed by atoms with Crippen molar-refractivity contribution in [2.75, 3.05) is 26.8 Å². The fourth-order valence-corrected chi connectivity index (χ4v) is 1.77. The predicted octanol–water partition coefficient (Wildman–Crippen LogP) is 1.54. The molecule has 13 heavy (non-hydrogen) atoms. The summed E-state index contributed by atoms with van der Waals surface area (Å²) in [5.74, 6) is 2.70. The van der Waals surface area contributed by atoms with E-state index < -0.39 is 0 Å². The van der Waals surface area contributed by atoms with Crippen molar-refractivity contribution in [2.24, 2.45) is 0 Å². The maximum Gasteiger partial charge on any atom is 0.0618 e. The van der Waals surface area contributed by atoms with Crippen LogP contribution in [0.4, 0.5) is 0 Å². The van der Waals surface area contributed by atoms with Crippen molar-refractivity contribution in [1.29, 1.82) is 0 Å². The Morgan fingerprint density at radius 3 is 2.92 bits per heavy atom. The van der Waals surface area contributed by atoms with Crippen molar-refractivity contribution in [3.05, 3.63) is 0 Å². The predicted molar refractivity (Wildman–Crippen MR) is 57.2 cm³/mol. The van der Waals surface area contributed by atoms with Crippen LogP contribution >= 0.6 is 12.4 Å². The van der Waals surface area contributed by atoms with Gasteiger partial charge in [0, 0.05) is 13.2 Å². The van der Waals surface area contributed by atoms with Crippen molar-refractivity contribution in [3.63, 3.8) is 0 Å². The molecule has 76 valence electrons. The fraction of sp³-hybridized carbons (Fsp3) is 0.800. The van der Waals surface area contributed by atoms with Crippen molar-refractivity contribution in [1.82, 2.24) is 4.90 Å². The highest BCUT2D eigenvalue weighted by molar-refractivity contribution is 5.85. The van der Waals surface area contributed by atoms with Crippen LogP contribution in [0.2, 0.25) is 0 Å². The lowest BCUT2D eigenvalue weighted by Gasteiger charge is -2.33. The molecule has 3 heteroatoms. The summed E-state index contributed by atoms with van der Waals surface area (Å²) in [6, 6.07) is 0.555. The van der Waals surface area contributed by atoms with E-state index in [1.54, 1.807) is 7.11 Å². The molecule has 0 spiro atoms. The van der Waals surface area contributed by atoms with E-state index in [1.165, 1.54) is 19.3 Å². The van der Waals surface area contributed by atoms with E-state index >= 15 is 0 Å². The Morgan fingerprint density at radius 2 is 2.31 bits per heavy atom. The molecule has 1 aliphatic rings. The summed E-state index contributed by atoms with van der Waals surface area (Å²) in [5, 5.41) is 0. The lowest BCUT2D eigenvalue weighted by Crippen LogP contribution is -2.42. The average molecular weight is 204 g/mol. The Balaban J connectivity index is 0.00000144. The van der Waals surface area contributed by atoms with Gasteiger partial charge in [-0.15, -0.1) is 18.8 Å². The Bertz CT molecular complexity index is 165.